The second-order valence-corrected chi connectivity index (χ2v) is 5.23. The zero-order valence-corrected chi connectivity index (χ0v) is 12.5. The highest BCUT2D eigenvalue weighted by atomic mass is 19.2. The van der Waals surface area contributed by atoms with E-state index in [4.69, 9.17) is 0 Å². The summed E-state index contributed by atoms with van der Waals surface area (Å²) in [7, 11) is 0. The third-order valence-corrected chi connectivity index (χ3v) is 3.70. The number of aryl methyl sites for hydroxylation is 2. The summed E-state index contributed by atoms with van der Waals surface area (Å²) in [6, 6.07) is 13.2. The quantitative estimate of drug-likeness (QED) is 0.822. The van der Waals surface area contributed by atoms with Crippen LogP contribution in [0.1, 0.15) is 36.1 Å². The molecule has 1 nitrogen and oxygen atoms in total. The van der Waals surface area contributed by atoms with Crippen LogP contribution >= 0.6 is 0 Å². The van der Waals surface area contributed by atoms with E-state index in [1.54, 1.807) is 19.1 Å². The predicted molar refractivity (Wildman–Crippen MR) is 82.3 cm³/mol. The lowest BCUT2D eigenvalue weighted by Gasteiger charge is -2.20. The Morgan fingerprint density at radius 2 is 1.71 bits per heavy atom. The van der Waals surface area contributed by atoms with Gasteiger partial charge in [0, 0.05) is 11.6 Å². The van der Waals surface area contributed by atoms with Crippen molar-refractivity contribution in [3.63, 3.8) is 0 Å². The number of hydrogen-bond donors (Lipinski definition) is 1. The Morgan fingerprint density at radius 1 is 1.00 bits per heavy atom. The first-order valence-electron chi connectivity index (χ1n) is 7.35. The lowest BCUT2D eigenvalue weighted by atomic mass is 9.97. The van der Waals surface area contributed by atoms with Gasteiger partial charge in [-0.1, -0.05) is 49.4 Å². The molecule has 112 valence electrons. The van der Waals surface area contributed by atoms with E-state index in [-0.39, 0.29) is 6.04 Å². The van der Waals surface area contributed by atoms with Crippen molar-refractivity contribution in [2.24, 2.45) is 0 Å². The minimum absolute atomic E-state index is 0.176. The normalized spacial score (nSPS) is 12.4. The standard InChI is InChI=1S/C18H21F2N/c1-3-21-16(12-10-14-7-5-4-6-8-14)15-11-9-13(2)17(19)18(15)20/h4-9,11,16,21H,3,10,12H2,1-2H3. The SMILES string of the molecule is CCNC(CCc1ccccc1)c1ccc(C)c(F)c1F. The highest BCUT2D eigenvalue weighted by molar-refractivity contribution is 5.28. The van der Waals surface area contributed by atoms with Gasteiger partial charge in [-0.15, -0.1) is 0 Å². The van der Waals surface area contributed by atoms with Crippen molar-refractivity contribution >= 4 is 0 Å². The van der Waals surface area contributed by atoms with E-state index >= 15 is 0 Å². The molecular formula is C18H21F2N. The first-order chi connectivity index (χ1) is 10.1. The van der Waals surface area contributed by atoms with Gasteiger partial charge in [-0.2, -0.15) is 0 Å². The van der Waals surface area contributed by atoms with Crippen LogP contribution in [0.2, 0.25) is 0 Å². The van der Waals surface area contributed by atoms with Gasteiger partial charge in [-0.25, -0.2) is 8.78 Å². The first-order valence-corrected chi connectivity index (χ1v) is 7.35. The van der Waals surface area contributed by atoms with Gasteiger partial charge in [-0.05, 0) is 37.4 Å². The summed E-state index contributed by atoms with van der Waals surface area (Å²) in [5.41, 5.74) is 1.96. The van der Waals surface area contributed by atoms with Gasteiger partial charge >= 0.3 is 0 Å². The van der Waals surface area contributed by atoms with E-state index < -0.39 is 11.6 Å². The monoisotopic (exact) mass is 289 g/mol. The average molecular weight is 289 g/mol. The van der Waals surface area contributed by atoms with E-state index in [2.05, 4.69) is 17.4 Å². The molecule has 0 aliphatic carbocycles. The summed E-state index contributed by atoms with van der Waals surface area (Å²) < 4.78 is 27.9. The van der Waals surface area contributed by atoms with Gasteiger partial charge in [0.2, 0.25) is 0 Å². The van der Waals surface area contributed by atoms with Crippen molar-refractivity contribution in [3.05, 3.63) is 70.8 Å². The molecule has 0 fully saturated rings. The molecular weight excluding hydrogens is 268 g/mol. The molecule has 0 aromatic heterocycles. The van der Waals surface area contributed by atoms with Crippen molar-refractivity contribution in [3.8, 4) is 0 Å². The fourth-order valence-electron chi connectivity index (χ4n) is 2.50. The Kier molecular flexibility index (Phi) is 5.45. The average Bonchev–Trinajstić information content (AvgIpc) is 2.51. The Labute approximate surface area is 125 Å². The second-order valence-electron chi connectivity index (χ2n) is 5.23. The summed E-state index contributed by atoms with van der Waals surface area (Å²) in [6.45, 7) is 4.26. The largest absolute Gasteiger partial charge is 0.310 e. The van der Waals surface area contributed by atoms with E-state index in [0.29, 0.717) is 17.7 Å². The molecule has 3 heteroatoms. The molecule has 0 radical (unpaired) electrons. The Morgan fingerprint density at radius 3 is 2.38 bits per heavy atom. The Bertz CT molecular complexity index is 581. The Balaban J connectivity index is 2.17. The van der Waals surface area contributed by atoms with Crippen LogP contribution in [-0.2, 0) is 6.42 Å². The summed E-state index contributed by atoms with van der Waals surface area (Å²) in [5.74, 6) is -1.47. The molecule has 1 N–H and O–H groups in total. The van der Waals surface area contributed by atoms with Crippen molar-refractivity contribution in [1.29, 1.82) is 0 Å². The van der Waals surface area contributed by atoms with Crippen LogP contribution in [0.4, 0.5) is 8.78 Å². The van der Waals surface area contributed by atoms with Crippen LogP contribution in [0.5, 0.6) is 0 Å². The van der Waals surface area contributed by atoms with E-state index in [0.717, 1.165) is 12.8 Å². The van der Waals surface area contributed by atoms with E-state index in [1.807, 2.05) is 25.1 Å². The third-order valence-electron chi connectivity index (χ3n) is 3.70. The van der Waals surface area contributed by atoms with Crippen LogP contribution in [0.15, 0.2) is 42.5 Å². The molecule has 0 saturated carbocycles. The molecule has 2 rings (SSSR count). The number of halogens is 2. The zero-order chi connectivity index (χ0) is 15.2. The van der Waals surface area contributed by atoms with Crippen LogP contribution < -0.4 is 5.32 Å². The lowest BCUT2D eigenvalue weighted by Crippen LogP contribution is -2.23. The van der Waals surface area contributed by atoms with Gasteiger partial charge < -0.3 is 5.32 Å². The fourth-order valence-corrected chi connectivity index (χ4v) is 2.50. The zero-order valence-electron chi connectivity index (χ0n) is 12.5. The molecule has 0 bridgehead atoms. The minimum Gasteiger partial charge on any atom is -0.310 e. The van der Waals surface area contributed by atoms with Crippen molar-refractivity contribution in [1.82, 2.24) is 5.32 Å². The molecule has 0 saturated heterocycles. The summed E-state index contributed by atoms with van der Waals surface area (Å²) >= 11 is 0. The summed E-state index contributed by atoms with van der Waals surface area (Å²) in [6.07, 6.45) is 1.56. The molecule has 0 spiro atoms. The smallest absolute Gasteiger partial charge is 0.163 e. The van der Waals surface area contributed by atoms with Gasteiger partial charge in [0.1, 0.15) is 0 Å². The predicted octanol–water partition coefficient (Wildman–Crippen LogP) is 4.56. The molecule has 1 atom stereocenters. The van der Waals surface area contributed by atoms with Crippen molar-refractivity contribution in [2.75, 3.05) is 6.54 Å². The van der Waals surface area contributed by atoms with Crippen molar-refractivity contribution in [2.45, 2.75) is 32.7 Å². The van der Waals surface area contributed by atoms with Crippen LogP contribution in [-0.4, -0.2) is 6.54 Å². The third kappa shape index (κ3) is 3.88. The minimum atomic E-state index is -0.741. The molecule has 1 unspecified atom stereocenters. The summed E-state index contributed by atoms with van der Waals surface area (Å²) in [5, 5.41) is 3.25. The second kappa shape index (κ2) is 7.32. The van der Waals surface area contributed by atoms with Gasteiger partial charge in [-0.3, -0.25) is 0 Å². The Hall–Kier alpha value is -1.74. The van der Waals surface area contributed by atoms with Gasteiger partial charge in [0.05, 0.1) is 0 Å². The van der Waals surface area contributed by atoms with Gasteiger partial charge in [0.25, 0.3) is 0 Å². The molecule has 2 aromatic rings. The van der Waals surface area contributed by atoms with Crippen LogP contribution in [0.3, 0.4) is 0 Å². The summed E-state index contributed by atoms with van der Waals surface area (Å²) in [4.78, 5) is 0. The number of hydrogen-bond acceptors (Lipinski definition) is 1. The van der Waals surface area contributed by atoms with Gasteiger partial charge in [0.15, 0.2) is 11.6 Å². The number of rotatable bonds is 6. The van der Waals surface area contributed by atoms with E-state index in [9.17, 15) is 8.78 Å². The maximum Gasteiger partial charge on any atom is 0.163 e. The first kappa shape index (κ1) is 15.6. The highest BCUT2D eigenvalue weighted by Crippen LogP contribution is 2.25. The molecule has 2 aromatic carbocycles. The van der Waals surface area contributed by atoms with Crippen molar-refractivity contribution < 1.29 is 8.78 Å². The number of nitrogens with one attached hydrogen (secondary N) is 1. The maximum atomic E-state index is 14.1. The molecule has 0 heterocycles. The number of benzene rings is 2. The van der Waals surface area contributed by atoms with E-state index in [1.165, 1.54) is 5.56 Å². The molecule has 21 heavy (non-hydrogen) atoms. The lowest BCUT2D eigenvalue weighted by molar-refractivity contribution is 0.449. The highest BCUT2D eigenvalue weighted by Gasteiger charge is 2.18. The maximum absolute atomic E-state index is 14.1. The molecule has 0 amide bonds. The molecule has 0 aliphatic rings. The topological polar surface area (TPSA) is 12.0 Å². The van der Waals surface area contributed by atoms with Crippen LogP contribution in [0.25, 0.3) is 0 Å². The fraction of sp³-hybridized carbons (Fsp3) is 0.333. The van der Waals surface area contributed by atoms with Crippen LogP contribution in [0, 0.1) is 18.6 Å². The molecule has 0 aliphatic heterocycles.